The van der Waals surface area contributed by atoms with Crippen LogP contribution in [0.2, 0.25) is 5.02 Å². The van der Waals surface area contributed by atoms with Crippen molar-refractivity contribution in [3.63, 3.8) is 0 Å². The molecule has 116 valence electrons. The van der Waals surface area contributed by atoms with Crippen LogP contribution in [0.15, 0.2) is 24.3 Å². The lowest BCUT2D eigenvalue weighted by Crippen LogP contribution is -2.45. The quantitative estimate of drug-likeness (QED) is 0.641. The first-order valence-electron chi connectivity index (χ1n) is 6.53. The highest BCUT2D eigenvalue weighted by Gasteiger charge is 2.19. The summed E-state index contributed by atoms with van der Waals surface area (Å²) in [7, 11) is 1.54. The van der Waals surface area contributed by atoms with Crippen LogP contribution in [0.25, 0.3) is 0 Å². The molecule has 0 fully saturated rings. The number of hydrogen-bond donors (Lipinski definition) is 3. The van der Waals surface area contributed by atoms with Gasteiger partial charge in [-0.25, -0.2) is 9.59 Å². The Morgan fingerprint density at radius 2 is 2.00 bits per heavy atom. The van der Waals surface area contributed by atoms with Gasteiger partial charge in [-0.05, 0) is 30.5 Å². The van der Waals surface area contributed by atoms with Gasteiger partial charge < -0.3 is 20.5 Å². The number of amides is 2. The maximum atomic E-state index is 11.7. The summed E-state index contributed by atoms with van der Waals surface area (Å²) in [4.78, 5) is 22.7. The maximum absolute atomic E-state index is 11.7. The molecule has 0 aliphatic carbocycles. The van der Waals surface area contributed by atoms with Gasteiger partial charge in [-0.2, -0.15) is 0 Å². The highest BCUT2D eigenvalue weighted by Crippen LogP contribution is 2.09. The van der Waals surface area contributed by atoms with E-state index in [-0.39, 0.29) is 0 Å². The average Bonchev–Trinajstić information content (AvgIpc) is 2.45. The average molecular weight is 315 g/mol. The summed E-state index contributed by atoms with van der Waals surface area (Å²) >= 11 is 5.76. The Morgan fingerprint density at radius 3 is 2.57 bits per heavy atom. The van der Waals surface area contributed by atoms with E-state index in [0.717, 1.165) is 5.56 Å². The van der Waals surface area contributed by atoms with Gasteiger partial charge in [0.15, 0.2) is 0 Å². The van der Waals surface area contributed by atoms with Crippen LogP contribution in [0.4, 0.5) is 4.79 Å². The van der Waals surface area contributed by atoms with Crippen molar-refractivity contribution >= 4 is 23.6 Å². The molecule has 3 N–H and O–H groups in total. The van der Waals surface area contributed by atoms with Crippen LogP contribution < -0.4 is 10.6 Å². The first kappa shape index (κ1) is 17.3. The zero-order chi connectivity index (χ0) is 15.7. The molecule has 1 rings (SSSR count). The number of ether oxygens (including phenoxy) is 1. The SMILES string of the molecule is COCCCC(NC(=O)NCc1ccc(Cl)cc1)C(=O)O. The maximum Gasteiger partial charge on any atom is 0.326 e. The summed E-state index contributed by atoms with van der Waals surface area (Å²) in [6, 6.07) is 5.58. The van der Waals surface area contributed by atoms with E-state index in [1.165, 1.54) is 0 Å². The highest BCUT2D eigenvalue weighted by atomic mass is 35.5. The Bertz CT molecular complexity index is 465. The van der Waals surface area contributed by atoms with Gasteiger partial charge in [0.1, 0.15) is 6.04 Å². The topological polar surface area (TPSA) is 87.7 Å². The van der Waals surface area contributed by atoms with E-state index in [2.05, 4.69) is 10.6 Å². The van der Waals surface area contributed by atoms with Gasteiger partial charge >= 0.3 is 12.0 Å². The molecule has 0 heterocycles. The number of nitrogens with one attached hydrogen (secondary N) is 2. The van der Waals surface area contributed by atoms with Crippen LogP contribution in [-0.4, -0.2) is 36.9 Å². The lowest BCUT2D eigenvalue weighted by Gasteiger charge is -2.15. The zero-order valence-electron chi connectivity index (χ0n) is 11.8. The van der Waals surface area contributed by atoms with Crippen LogP contribution in [0, 0.1) is 0 Å². The normalized spacial score (nSPS) is 11.7. The molecule has 0 saturated heterocycles. The molecule has 7 heteroatoms. The first-order chi connectivity index (χ1) is 10.0. The molecule has 0 aromatic heterocycles. The summed E-state index contributed by atoms with van der Waals surface area (Å²) in [5.74, 6) is -1.06. The lowest BCUT2D eigenvalue weighted by molar-refractivity contribution is -0.139. The Balaban J connectivity index is 2.39. The number of benzene rings is 1. The molecule has 0 spiro atoms. The molecule has 0 bridgehead atoms. The standard InChI is InChI=1S/C14H19ClN2O4/c1-21-8-2-3-12(13(18)19)17-14(20)16-9-10-4-6-11(15)7-5-10/h4-7,12H,2-3,8-9H2,1H3,(H,18,19)(H2,16,17,20). The third-order valence-corrected chi connectivity index (χ3v) is 3.06. The second kappa shape index (κ2) is 9.20. The molecule has 1 atom stereocenters. The number of carboxylic acid groups (broad SMARTS) is 1. The van der Waals surface area contributed by atoms with Crippen molar-refractivity contribution in [3.8, 4) is 0 Å². The van der Waals surface area contributed by atoms with Crippen molar-refractivity contribution in [1.82, 2.24) is 10.6 Å². The van der Waals surface area contributed by atoms with Crippen LogP contribution >= 0.6 is 11.6 Å². The minimum absolute atomic E-state index is 0.299. The molecular weight excluding hydrogens is 296 g/mol. The largest absolute Gasteiger partial charge is 0.480 e. The molecule has 0 saturated carbocycles. The number of rotatable bonds is 8. The van der Waals surface area contributed by atoms with Crippen molar-refractivity contribution in [2.24, 2.45) is 0 Å². The van der Waals surface area contributed by atoms with Gasteiger partial charge in [0.2, 0.25) is 0 Å². The summed E-state index contributed by atoms with van der Waals surface area (Å²) in [5.41, 5.74) is 0.876. The van der Waals surface area contributed by atoms with E-state index in [0.29, 0.717) is 31.0 Å². The number of aliphatic carboxylic acids is 1. The predicted octanol–water partition coefficient (Wildman–Crippen LogP) is 2.02. The zero-order valence-corrected chi connectivity index (χ0v) is 12.5. The van der Waals surface area contributed by atoms with Gasteiger partial charge in [0.05, 0.1) is 0 Å². The monoisotopic (exact) mass is 314 g/mol. The summed E-state index contributed by atoms with van der Waals surface area (Å²) in [6.07, 6.45) is 0.877. The molecular formula is C14H19ClN2O4. The molecule has 21 heavy (non-hydrogen) atoms. The Morgan fingerprint density at radius 1 is 1.33 bits per heavy atom. The number of hydrogen-bond acceptors (Lipinski definition) is 3. The Hall–Kier alpha value is -1.79. The van der Waals surface area contributed by atoms with E-state index >= 15 is 0 Å². The Kier molecular flexibility index (Phi) is 7.56. The van der Waals surface area contributed by atoms with Crippen molar-refractivity contribution in [1.29, 1.82) is 0 Å². The highest BCUT2D eigenvalue weighted by molar-refractivity contribution is 6.30. The van der Waals surface area contributed by atoms with Gasteiger partial charge in [-0.15, -0.1) is 0 Å². The van der Waals surface area contributed by atoms with Crippen LogP contribution in [0.1, 0.15) is 18.4 Å². The van der Waals surface area contributed by atoms with Gasteiger partial charge in [0, 0.05) is 25.3 Å². The van der Waals surface area contributed by atoms with Crippen molar-refractivity contribution in [3.05, 3.63) is 34.9 Å². The summed E-state index contributed by atoms with van der Waals surface area (Å²) < 4.78 is 4.86. The predicted molar refractivity (Wildman–Crippen MR) is 79.4 cm³/mol. The third-order valence-electron chi connectivity index (χ3n) is 2.81. The molecule has 1 aromatic carbocycles. The Labute approximate surface area is 128 Å². The first-order valence-corrected chi connectivity index (χ1v) is 6.91. The van der Waals surface area contributed by atoms with Gasteiger partial charge in [-0.3, -0.25) is 0 Å². The van der Waals surface area contributed by atoms with Gasteiger partial charge in [-0.1, -0.05) is 23.7 Å². The van der Waals surface area contributed by atoms with E-state index in [1.807, 2.05) is 0 Å². The number of urea groups is 1. The minimum atomic E-state index is -1.06. The number of methoxy groups -OCH3 is 1. The van der Waals surface area contributed by atoms with Crippen LogP contribution in [-0.2, 0) is 16.1 Å². The fraction of sp³-hybridized carbons (Fsp3) is 0.429. The smallest absolute Gasteiger partial charge is 0.326 e. The van der Waals surface area contributed by atoms with E-state index in [4.69, 9.17) is 21.4 Å². The summed E-state index contributed by atoms with van der Waals surface area (Å²) in [6.45, 7) is 0.755. The number of carbonyl (C=O) groups is 2. The fourth-order valence-electron chi connectivity index (χ4n) is 1.68. The van der Waals surface area contributed by atoms with Gasteiger partial charge in [0.25, 0.3) is 0 Å². The van der Waals surface area contributed by atoms with Crippen molar-refractivity contribution < 1.29 is 19.4 Å². The number of carboxylic acids is 1. The van der Waals surface area contributed by atoms with Crippen molar-refractivity contribution in [2.45, 2.75) is 25.4 Å². The summed E-state index contributed by atoms with van der Waals surface area (Å²) in [5, 5.41) is 14.7. The second-order valence-electron chi connectivity index (χ2n) is 4.48. The van der Waals surface area contributed by atoms with E-state index < -0.39 is 18.0 Å². The molecule has 0 aliphatic heterocycles. The van der Waals surface area contributed by atoms with Crippen LogP contribution in [0.3, 0.4) is 0 Å². The van der Waals surface area contributed by atoms with E-state index in [9.17, 15) is 9.59 Å². The molecule has 0 aliphatic rings. The number of carbonyl (C=O) groups excluding carboxylic acids is 1. The van der Waals surface area contributed by atoms with E-state index in [1.54, 1.807) is 31.4 Å². The third kappa shape index (κ3) is 6.97. The molecule has 2 amide bonds. The van der Waals surface area contributed by atoms with Crippen molar-refractivity contribution in [2.75, 3.05) is 13.7 Å². The fourth-order valence-corrected chi connectivity index (χ4v) is 1.81. The molecule has 1 unspecified atom stereocenters. The van der Waals surface area contributed by atoms with Crippen LogP contribution in [0.5, 0.6) is 0 Å². The molecule has 6 nitrogen and oxygen atoms in total. The second-order valence-corrected chi connectivity index (χ2v) is 4.92. The number of halogens is 1. The molecule has 0 radical (unpaired) electrons. The minimum Gasteiger partial charge on any atom is -0.480 e. The molecule has 1 aromatic rings. The lowest BCUT2D eigenvalue weighted by atomic mass is 10.1.